The fourth-order valence-corrected chi connectivity index (χ4v) is 3.53. The van der Waals surface area contributed by atoms with Crippen molar-refractivity contribution in [2.45, 2.75) is 58.0 Å². The van der Waals surface area contributed by atoms with Crippen LogP contribution in [0.25, 0.3) is 0 Å². The molecular weight excluding hydrogens is 286 g/mol. The Hall–Kier alpha value is -1.14. The highest BCUT2D eigenvalue weighted by Crippen LogP contribution is 2.18. The van der Waals surface area contributed by atoms with E-state index < -0.39 is 10.0 Å². The summed E-state index contributed by atoms with van der Waals surface area (Å²) >= 11 is 0. The van der Waals surface area contributed by atoms with E-state index in [0.717, 1.165) is 19.3 Å². The molecule has 0 saturated carbocycles. The maximum absolute atomic E-state index is 12.4. The molecule has 0 aliphatic carbocycles. The molecule has 1 atom stereocenters. The summed E-state index contributed by atoms with van der Waals surface area (Å²) in [6.07, 6.45) is 4.46. The number of aromatic nitrogens is 1. The molecule has 1 aromatic rings. The molecule has 0 bridgehead atoms. The molecule has 0 radical (unpaired) electrons. The Morgan fingerprint density at radius 2 is 1.95 bits per heavy atom. The first-order valence-electron chi connectivity index (χ1n) is 7.58. The molecule has 0 aromatic carbocycles. The third-order valence-electron chi connectivity index (χ3n) is 3.17. The van der Waals surface area contributed by atoms with Gasteiger partial charge in [-0.2, -0.15) is 0 Å². The molecule has 1 rings (SSSR count). The van der Waals surface area contributed by atoms with Gasteiger partial charge in [0, 0.05) is 18.8 Å². The van der Waals surface area contributed by atoms with E-state index in [2.05, 4.69) is 28.9 Å². The monoisotopic (exact) mass is 313 g/mol. The molecule has 120 valence electrons. The van der Waals surface area contributed by atoms with Crippen LogP contribution in [0.5, 0.6) is 0 Å². The largest absolute Gasteiger partial charge is 0.383 e. The molecule has 0 aliphatic heterocycles. The zero-order chi connectivity index (χ0) is 15.9. The highest BCUT2D eigenvalue weighted by molar-refractivity contribution is 7.89. The average Bonchev–Trinajstić information content (AvgIpc) is 2.38. The second-order valence-corrected chi connectivity index (χ2v) is 7.36. The van der Waals surface area contributed by atoms with E-state index in [-0.39, 0.29) is 11.1 Å². The Bertz CT molecular complexity index is 529. The second-order valence-electron chi connectivity index (χ2n) is 5.73. The summed E-state index contributed by atoms with van der Waals surface area (Å²) < 4.78 is 27.6. The van der Waals surface area contributed by atoms with Crippen molar-refractivity contribution < 1.29 is 8.42 Å². The van der Waals surface area contributed by atoms with Crippen LogP contribution in [-0.2, 0) is 10.0 Å². The van der Waals surface area contributed by atoms with Crippen molar-refractivity contribution in [2.24, 2.45) is 5.92 Å². The first-order valence-corrected chi connectivity index (χ1v) is 9.06. The van der Waals surface area contributed by atoms with E-state index in [1.54, 1.807) is 12.1 Å². The lowest BCUT2D eigenvalue weighted by Crippen LogP contribution is -2.33. The van der Waals surface area contributed by atoms with Gasteiger partial charge in [0.25, 0.3) is 10.0 Å². The van der Waals surface area contributed by atoms with E-state index in [1.165, 1.54) is 6.20 Å². The van der Waals surface area contributed by atoms with Crippen LogP contribution in [0.3, 0.4) is 0 Å². The van der Waals surface area contributed by atoms with Gasteiger partial charge in [0.2, 0.25) is 0 Å². The molecule has 21 heavy (non-hydrogen) atoms. The van der Waals surface area contributed by atoms with Gasteiger partial charge in [-0.05, 0) is 38.3 Å². The molecule has 0 spiro atoms. The molecule has 0 saturated heterocycles. The predicted molar refractivity (Wildman–Crippen MR) is 86.9 cm³/mol. The average molecular weight is 313 g/mol. The van der Waals surface area contributed by atoms with Crippen LogP contribution in [0, 0.1) is 5.92 Å². The minimum absolute atomic E-state index is 0.0718. The summed E-state index contributed by atoms with van der Waals surface area (Å²) in [5, 5.41) is 3.10. The number of anilines is 1. The lowest BCUT2D eigenvalue weighted by molar-refractivity contribution is 0.487. The van der Waals surface area contributed by atoms with Gasteiger partial charge in [-0.1, -0.05) is 26.7 Å². The molecule has 0 fully saturated rings. The number of pyridine rings is 1. The summed E-state index contributed by atoms with van der Waals surface area (Å²) in [7, 11) is -3.59. The van der Waals surface area contributed by atoms with Gasteiger partial charge < -0.3 is 5.32 Å². The molecule has 1 heterocycles. The quantitative estimate of drug-likeness (QED) is 0.735. The van der Waals surface area contributed by atoms with Gasteiger partial charge in [-0.3, -0.25) is 0 Å². The third-order valence-corrected chi connectivity index (χ3v) is 4.71. The van der Waals surface area contributed by atoms with E-state index in [9.17, 15) is 8.42 Å². The topological polar surface area (TPSA) is 71.1 Å². The van der Waals surface area contributed by atoms with Crippen LogP contribution in [0.2, 0.25) is 0 Å². The normalized spacial score (nSPS) is 13.4. The Labute approximate surface area is 128 Å². The minimum atomic E-state index is -3.59. The first-order chi connectivity index (χ1) is 9.86. The molecule has 1 unspecified atom stereocenters. The molecule has 0 amide bonds. The number of nitrogens with zero attached hydrogens (tertiary/aromatic N) is 1. The lowest BCUT2D eigenvalue weighted by Gasteiger charge is -2.16. The fraction of sp³-hybridized carbons (Fsp3) is 0.667. The number of nitrogens with one attached hydrogen (secondary N) is 2. The van der Waals surface area contributed by atoms with Crippen molar-refractivity contribution in [3.05, 3.63) is 18.3 Å². The van der Waals surface area contributed by atoms with Crippen molar-refractivity contribution >= 4 is 15.7 Å². The molecule has 5 nitrogen and oxygen atoms in total. The molecule has 1 aromatic heterocycles. The Kier molecular flexibility index (Phi) is 7.11. The SMILES string of the molecule is CCNc1cccnc1S(=O)(=O)NC(C)CCCC(C)C. The highest BCUT2D eigenvalue weighted by atomic mass is 32.2. The van der Waals surface area contributed by atoms with Crippen LogP contribution >= 0.6 is 0 Å². The number of hydrogen-bond acceptors (Lipinski definition) is 4. The van der Waals surface area contributed by atoms with Gasteiger partial charge in [0.05, 0.1) is 5.69 Å². The van der Waals surface area contributed by atoms with E-state index in [0.29, 0.717) is 18.2 Å². The van der Waals surface area contributed by atoms with E-state index >= 15 is 0 Å². The van der Waals surface area contributed by atoms with Gasteiger partial charge in [0.1, 0.15) is 0 Å². The number of hydrogen-bond donors (Lipinski definition) is 2. The van der Waals surface area contributed by atoms with Crippen LogP contribution in [-0.4, -0.2) is 26.0 Å². The van der Waals surface area contributed by atoms with Crippen LogP contribution < -0.4 is 10.0 Å². The fourth-order valence-electron chi connectivity index (χ4n) is 2.14. The third kappa shape index (κ3) is 6.01. The second kappa shape index (κ2) is 8.34. The first kappa shape index (κ1) is 17.9. The smallest absolute Gasteiger partial charge is 0.260 e. The molecule has 2 N–H and O–H groups in total. The Morgan fingerprint density at radius 3 is 2.57 bits per heavy atom. The number of rotatable bonds is 9. The van der Waals surface area contributed by atoms with Crippen molar-refractivity contribution in [3.63, 3.8) is 0 Å². The lowest BCUT2D eigenvalue weighted by atomic mass is 10.0. The van der Waals surface area contributed by atoms with E-state index in [4.69, 9.17) is 0 Å². The zero-order valence-corrected chi connectivity index (χ0v) is 14.2. The van der Waals surface area contributed by atoms with Gasteiger partial charge in [-0.25, -0.2) is 18.1 Å². The molecule has 6 heteroatoms. The van der Waals surface area contributed by atoms with Gasteiger partial charge in [0.15, 0.2) is 5.03 Å². The Balaban J connectivity index is 2.73. The van der Waals surface area contributed by atoms with Crippen molar-refractivity contribution in [1.82, 2.24) is 9.71 Å². The molecular formula is C15H27N3O2S. The van der Waals surface area contributed by atoms with Crippen molar-refractivity contribution in [3.8, 4) is 0 Å². The minimum Gasteiger partial charge on any atom is -0.383 e. The summed E-state index contributed by atoms with van der Waals surface area (Å²) in [6.45, 7) is 8.81. The maximum Gasteiger partial charge on any atom is 0.260 e. The van der Waals surface area contributed by atoms with Crippen LogP contribution in [0.15, 0.2) is 23.4 Å². The molecule has 0 aliphatic rings. The summed E-state index contributed by atoms with van der Waals surface area (Å²) in [6, 6.07) is 3.36. The summed E-state index contributed by atoms with van der Waals surface area (Å²) in [5.74, 6) is 0.643. The van der Waals surface area contributed by atoms with Crippen LogP contribution in [0.4, 0.5) is 5.69 Å². The van der Waals surface area contributed by atoms with Crippen LogP contribution in [0.1, 0.15) is 47.0 Å². The van der Waals surface area contributed by atoms with Crippen molar-refractivity contribution in [2.75, 3.05) is 11.9 Å². The van der Waals surface area contributed by atoms with Gasteiger partial charge in [-0.15, -0.1) is 0 Å². The zero-order valence-electron chi connectivity index (χ0n) is 13.4. The Morgan fingerprint density at radius 1 is 1.24 bits per heavy atom. The predicted octanol–water partition coefficient (Wildman–Crippen LogP) is 3.01. The highest BCUT2D eigenvalue weighted by Gasteiger charge is 2.22. The van der Waals surface area contributed by atoms with Crippen molar-refractivity contribution in [1.29, 1.82) is 0 Å². The summed E-state index contributed by atoms with van der Waals surface area (Å²) in [5.41, 5.74) is 0.543. The summed E-state index contributed by atoms with van der Waals surface area (Å²) in [4.78, 5) is 4.02. The standard InChI is InChI=1S/C15H27N3O2S/c1-5-16-14-10-7-11-17-15(14)21(19,20)18-13(4)9-6-8-12(2)3/h7,10-13,16,18H,5-6,8-9H2,1-4H3. The van der Waals surface area contributed by atoms with E-state index in [1.807, 2.05) is 13.8 Å². The van der Waals surface area contributed by atoms with Gasteiger partial charge >= 0.3 is 0 Å². The maximum atomic E-state index is 12.4. The number of sulfonamides is 1.